The lowest BCUT2D eigenvalue weighted by Gasteiger charge is -2.29. The first-order valence-electron chi connectivity index (χ1n) is 8.09. The number of aromatic nitrogens is 2. The molecule has 0 spiro atoms. The molecule has 0 amide bonds. The monoisotopic (exact) mass is 337 g/mol. The minimum absolute atomic E-state index is 0.335. The Morgan fingerprint density at radius 3 is 3.00 bits per heavy atom. The topological polar surface area (TPSA) is 54.9 Å². The molecular formula is C16H23N3OS2. The third-order valence-corrected chi connectivity index (χ3v) is 6.86. The minimum atomic E-state index is -0.688. The number of nitrogens with zero attached hydrogens (tertiary/aromatic N) is 2. The Bertz CT molecular complexity index is 670. The summed E-state index contributed by atoms with van der Waals surface area (Å²) in [7, 11) is -0.688. The van der Waals surface area contributed by atoms with Crippen LogP contribution in [0.2, 0.25) is 0 Å². The fraction of sp³-hybridized carbons (Fsp3) is 0.625. The van der Waals surface area contributed by atoms with E-state index in [0.29, 0.717) is 11.3 Å². The predicted octanol–water partition coefficient (Wildman–Crippen LogP) is 3.75. The molecule has 0 aliphatic heterocycles. The van der Waals surface area contributed by atoms with Crippen LogP contribution in [-0.2, 0) is 17.2 Å². The molecule has 1 N–H and O–H groups in total. The highest BCUT2D eigenvalue weighted by molar-refractivity contribution is 7.85. The lowest BCUT2D eigenvalue weighted by atomic mass is 9.95. The average molecular weight is 338 g/mol. The van der Waals surface area contributed by atoms with Gasteiger partial charge in [0.25, 0.3) is 0 Å². The number of nitrogens with one attached hydrogen (secondary N) is 1. The maximum Gasteiger partial charge on any atom is 0.138 e. The molecular weight excluding hydrogens is 314 g/mol. The molecule has 2 aromatic rings. The molecule has 0 saturated heterocycles. The van der Waals surface area contributed by atoms with Gasteiger partial charge in [-0.2, -0.15) is 0 Å². The molecule has 1 aliphatic carbocycles. The molecule has 0 aromatic carbocycles. The molecule has 0 bridgehead atoms. The van der Waals surface area contributed by atoms with Crippen molar-refractivity contribution < 1.29 is 4.21 Å². The minimum Gasteiger partial charge on any atom is -0.367 e. The quantitative estimate of drug-likeness (QED) is 0.903. The van der Waals surface area contributed by atoms with Crippen LogP contribution in [0.4, 0.5) is 5.82 Å². The molecule has 6 heteroatoms. The Labute approximate surface area is 138 Å². The van der Waals surface area contributed by atoms with E-state index in [1.54, 1.807) is 11.3 Å². The second-order valence-electron chi connectivity index (χ2n) is 5.78. The normalized spacial score (nSPS) is 23.5. The first-order chi connectivity index (χ1) is 10.7. The van der Waals surface area contributed by atoms with Gasteiger partial charge < -0.3 is 5.32 Å². The van der Waals surface area contributed by atoms with E-state index in [4.69, 9.17) is 0 Å². The van der Waals surface area contributed by atoms with Crippen molar-refractivity contribution in [2.45, 2.75) is 57.2 Å². The lowest BCUT2D eigenvalue weighted by Crippen LogP contribution is -2.33. The molecule has 3 rings (SSSR count). The summed E-state index contributed by atoms with van der Waals surface area (Å²) in [6, 6.07) is 2.46. The summed E-state index contributed by atoms with van der Waals surface area (Å²) in [5, 5.41) is 7.13. The highest BCUT2D eigenvalue weighted by atomic mass is 32.2. The number of aryl methyl sites for hydroxylation is 1. The average Bonchev–Trinajstić information content (AvgIpc) is 3.03. The van der Waals surface area contributed by atoms with Crippen molar-refractivity contribution in [3.05, 3.63) is 17.3 Å². The van der Waals surface area contributed by atoms with Gasteiger partial charge in [0.15, 0.2) is 0 Å². The Hall–Kier alpha value is -1.01. The van der Waals surface area contributed by atoms with E-state index in [1.165, 1.54) is 0 Å². The van der Waals surface area contributed by atoms with Crippen molar-refractivity contribution in [2.75, 3.05) is 11.1 Å². The first-order valence-corrected chi connectivity index (χ1v) is 10.3. The molecule has 2 heterocycles. The van der Waals surface area contributed by atoms with Crippen LogP contribution in [0.3, 0.4) is 0 Å². The number of hydrogen-bond donors (Lipinski definition) is 1. The molecule has 1 fully saturated rings. The summed E-state index contributed by atoms with van der Waals surface area (Å²) in [4.78, 5) is 10.3. The van der Waals surface area contributed by atoms with Gasteiger partial charge in [0.1, 0.15) is 16.5 Å². The van der Waals surface area contributed by atoms with Crippen LogP contribution in [0.25, 0.3) is 10.2 Å². The second-order valence-corrected chi connectivity index (χ2v) is 8.68. The van der Waals surface area contributed by atoms with Gasteiger partial charge in [0.05, 0.1) is 5.39 Å². The number of anilines is 1. The summed E-state index contributed by atoms with van der Waals surface area (Å²) in [6.45, 7) is 4.10. The van der Waals surface area contributed by atoms with Gasteiger partial charge in [-0.15, -0.1) is 11.3 Å². The van der Waals surface area contributed by atoms with Gasteiger partial charge in [-0.3, -0.25) is 4.21 Å². The maximum absolute atomic E-state index is 12.1. The molecule has 1 saturated carbocycles. The third kappa shape index (κ3) is 3.33. The predicted molar refractivity (Wildman–Crippen MR) is 95.1 cm³/mol. The van der Waals surface area contributed by atoms with Crippen molar-refractivity contribution in [2.24, 2.45) is 0 Å². The molecule has 120 valence electrons. The van der Waals surface area contributed by atoms with Gasteiger partial charge in [-0.05, 0) is 30.7 Å². The molecule has 0 radical (unpaired) electrons. The van der Waals surface area contributed by atoms with Crippen LogP contribution < -0.4 is 5.32 Å². The largest absolute Gasteiger partial charge is 0.367 e. The van der Waals surface area contributed by atoms with Crippen LogP contribution >= 0.6 is 11.3 Å². The molecule has 1 aliphatic rings. The lowest BCUT2D eigenvalue weighted by molar-refractivity contribution is 0.464. The summed E-state index contributed by atoms with van der Waals surface area (Å²) in [5.41, 5.74) is 0. The number of rotatable bonds is 5. The van der Waals surface area contributed by atoms with Crippen molar-refractivity contribution in [1.82, 2.24) is 9.97 Å². The highest BCUT2D eigenvalue weighted by Gasteiger charge is 2.26. The van der Waals surface area contributed by atoms with E-state index in [2.05, 4.69) is 33.7 Å². The molecule has 3 atom stereocenters. The second kappa shape index (κ2) is 7.04. The number of hydrogen-bond acceptors (Lipinski definition) is 5. The van der Waals surface area contributed by atoms with E-state index < -0.39 is 10.8 Å². The van der Waals surface area contributed by atoms with Crippen molar-refractivity contribution in [3.63, 3.8) is 0 Å². The van der Waals surface area contributed by atoms with E-state index in [0.717, 1.165) is 59.7 Å². The maximum atomic E-state index is 12.1. The van der Waals surface area contributed by atoms with E-state index in [9.17, 15) is 4.21 Å². The van der Waals surface area contributed by atoms with Gasteiger partial charge in [-0.1, -0.05) is 20.3 Å². The first kappa shape index (κ1) is 15.9. The molecule has 2 aromatic heterocycles. The van der Waals surface area contributed by atoms with Crippen LogP contribution in [0, 0.1) is 0 Å². The fourth-order valence-electron chi connectivity index (χ4n) is 3.11. The molecule has 3 unspecified atom stereocenters. The van der Waals surface area contributed by atoms with Gasteiger partial charge >= 0.3 is 0 Å². The SMILES string of the molecule is CCc1nc(NC2CCCC(S(=O)CC)C2)c2ccsc2n1. The van der Waals surface area contributed by atoms with E-state index >= 15 is 0 Å². The van der Waals surface area contributed by atoms with Crippen LogP contribution in [0.15, 0.2) is 11.4 Å². The van der Waals surface area contributed by atoms with Gasteiger partial charge in [-0.25, -0.2) is 9.97 Å². The summed E-state index contributed by atoms with van der Waals surface area (Å²) in [6.07, 6.45) is 5.20. The highest BCUT2D eigenvalue weighted by Crippen LogP contribution is 2.29. The standard InChI is InChI=1S/C16H23N3OS2/c1-3-14-18-15(13-8-9-21-16(13)19-14)17-11-6-5-7-12(10-11)22(20)4-2/h8-9,11-12H,3-7,10H2,1-2H3,(H,17,18,19). The van der Waals surface area contributed by atoms with Crippen LogP contribution in [-0.4, -0.2) is 31.2 Å². The molecule has 22 heavy (non-hydrogen) atoms. The Morgan fingerprint density at radius 2 is 2.23 bits per heavy atom. The zero-order valence-corrected chi connectivity index (χ0v) is 14.8. The Kier molecular flexibility index (Phi) is 5.08. The van der Waals surface area contributed by atoms with Crippen molar-refractivity contribution in [3.8, 4) is 0 Å². The van der Waals surface area contributed by atoms with Crippen LogP contribution in [0.5, 0.6) is 0 Å². The third-order valence-electron chi connectivity index (χ3n) is 4.31. The Morgan fingerprint density at radius 1 is 1.36 bits per heavy atom. The number of fused-ring (bicyclic) bond motifs is 1. The van der Waals surface area contributed by atoms with E-state index in [-0.39, 0.29) is 0 Å². The fourth-order valence-corrected chi connectivity index (χ4v) is 5.24. The summed E-state index contributed by atoms with van der Waals surface area (Å²) < 4.78 is 12.1. The van der Waals surface area contributed by atoms with Gasteiger partial charge in [0, 0.05) is 34.3 Å². The summed E-state index contributed by atoms with van der Waals surface area (Å²) in [5.74, 6) is 2.61. The van der Waals surface area contributed by atoms with Crippen molar-refractivity contribution >= 4 is 38.2 Å². The number of thiophene rings is 1. The smallest absolute Gasteiger partial charge is 0.138 e. The zero-order valence-electron chi connectivity index (χ0n) is 13.2. The van der Waals surface area contributed by atoms with Gasteiger partial charge in [0.2, 0.25) is 0 Å². The van der Waals surface area contributed by atoms with Crippen LogP contribution in [0.1, 0.15) is 45.4 Å². The zero-order chi connectivity index (χ0) is 15.5. The Balaban J connectivity index is 1.80. The summed E-state index contributed by atoms with van der Waals surface area (Å²) >= 11 is 1.66. The van der Waals surface area contributed by atoms with Crippen molar-refractivity contribution in [1.29, 1.82) is 0 Å². The molecule has 4 nitrogen and oxygen atoms in total. The van der Waals surface area contributed by atoms with E-state index in [1.807, 2.05) is 6.92 Å².